The van der Waals surface area contributed by atoms with Crippen LogP contribution in [0.5, 0.6) is 0 Å². The van der Waals surface area contributed by atoms with Crippen molar-refractivity contribution in [1.82, 2.24) is 0 Å². The Kier molecular flexibility index (Phi) is 4.74. The van der Waals surface area contributed by atoms with E-state index in [9.17, 15) is 9.59 Å². The van der Waals surface area contributed by atoms with Gasteiger partial charge in [0.15, 0.2) is 0 Å². The standard InChI is InChI=1S/C26H37NO4/c1-15(27-31-17(3)29)26-14-19(26)13-23-21-7-6-18-12-20(30-16(2)28)8-10-24(18,4)22(21)9-11-25(23,26)5/h6,19-23H,7-14H2,1-5H3/b27-15-/t19-,20-,21-,22+,23+,24-,25-,26-/m0/s1. The number of fused-ring (bicyclic) bond motifs is 7. The highest BCUT2D eigenvalue weighted by atomic mass is 16.7. The summed E-state index contributed by atoms with van der Waals surface area (Å²) in [5, 5.41) is 4.28. The van der Waals surface area contributed by atoms with E-state index in [-0.39, 0.29) is 34.3 Å². The lowest BCUT2D eigenvalue weighted by molar-refractivity contribution is -0.148. The average Bonchev–Trinajstić information content (AvgIpc) is 3.38. The quantitative estimate of drug-likeness (QED) is 0.198. The van der Waals surface area contributed by atoms with Crippen molar-refractivity contribution in [3.8, 4) is 0 Å². The molecule has 0 radical (unpaired) electrons. The van der Waals surface area contributed by atoms with Crippen LogP contribution in [0.25, 0.3) is 0 Å². The molecule has 0 aromatic carbocycles. The van der Waals surface area contributed by atoms with Gasteiger partial charge in [0, 0.05) is 25.7 Å². The number of carbonyl (C=O) groups excluding carboxylic acids is 2. The first-order chi connectivity index (χ1) is 14.6. The minimum absolute atomic E-state index is 0.0600. The third-order valence-electron chi connectivity index (χ3n) is 10.4. The van der Waals surface area contributed by atoms with Gasteiger partial charge in [0.2, 0.25) is 0 Å². The Hall–Kier alpha value is -1.65. The van der Waals surface area contributed by atoms with Crippen molar-refractivity contribution >= 4 is 17.7 Å². The van der Waals surface area contributed by atoms with Gasteiger partial charge in [0.05, 0.1) is 5.71 Å². The zero-order valence-electron chi connectivity index (χ0n) is 19.7. The second-order valence-electron chi connectivity index (χ2n) is 11.6. The van der Waals surface area contributed by atoms with Crippen LogP contribution in [0.1, 0.15) is 86.0 Å². The molecule has 5 heteroatoms. The van der Waals surface area contributed by atoms with Gasteiger partial charge in [0.25, 0.3) is 0 Å². The molecule has 5 nitrogen and oxygen atoms in total. The Bertz CT molecular complexity index is 877. The highest BCUT2D eigenvalue weighted by Gasteiger charge is 2.76. The van der Waals surface area contributed by atoms with Crippen LogP contribution in [0, 0.1) is 39.9 Å². The van der Waals surface area contributed by atoms with E-state index in [4.69, 9.17) is 9.57 Å². The van der Waals surface area contributed by atoms with Crippen LogP contribution in [-0.4, -0.2) is 23.8 Å². The first kappa shape index (κ1) is 21.2. The number of esters is 1. The van der Waals surface area contributed by atoms with Gasteiger partial charge in [-0.1, -0.05) is 30.7 Å². The van der Waals surface area contributed by atoms with E-state index in [1.807, 2.05) is 0 Å². The molecular weight excluding hydrogens is 390 g/mol. The van der Waals surface area contributed by atoms with Crippen molar-refractivity contribution in [2.75, 3.05) is 0 Å². The molecule has 5 rings (SSSR count). The number of hydrogen-bond donors (Lipinski definition) is 0. The zero-order chi connectivity index (χ0) is 22.2. The number of hydrogen-bond acceptors (Lipinski definition) is 5. The summed E-state index contributed by atoms with van der Waals surface area (Å²) >= 11 is 0. The van der Waals surface area contributed by atoms with Gasteiger partial charge in [-0.05, 0) is 86.4 Å². The fourth-order valence-electron chi connectivity index (χ4n) is 8.96. The smallest absolute Gasteiger partial charge is 0.331 e. The van der Waals surface area contributed by atoms with E-state index in [0.717, 1.165) is 43.2 Å². The minimum atomic E-state index is -0.335. The summed E-state index contributed by atoms with van der Waals surface area (Å²) in [5.41, 5.74) is 3.22. The third-order valence-corrected chi connectivity index (χ3v) is 10.4. The molecule has 8 atom stereocenters. The molecule has 31 heavy (non-hydrogen) atoms. The predicted molar refractivity (Wildman–Crippen MR) is 118 cm³/mol. The molecule has 0 aromatic rings. The molecule has 5 aliphatic rings. The number of oxime groups is 1. The monoisotopic (exact) mass is 427 g/mol. The number of carbonyl (C=O) groups is 2. The molecule has 0 aromatic heterocycles. The molecule has 0 amide bonds. The van der Waals surface area contributed by atoms with Gasteiger partial charge in [-0.2, -0.15) is 0 Å². The number of ether oxygens (including phenoxy) is 1. The Balaban J connectivity index is 1.40. The number of rotatable bonds is 3. The first-order valence-electron chi connectivity index (χ1n) is 12.2. The molecule has 170 valence electrons. The van der Waals surface area contributed by atoms with Gasteiger partial charge < -0.3 is 9.57 Å². The molecule has 5 aliphatic carbocycles. The molecule has 0 unspecified atom stereocenters. The van der Waals surface area contributed by atoms with Crippen molar-refractivity contribution in [1.29, 1.82) is 0 Å². The third kappa shape index (κ3) is 2.90. The van der Waals surface area contributed by atoms with Gasteiger partial charge in [-0.25, -0.2) is 4.79 Å². The SMILES string of the molecule is CC(=O)O/N=C(/C)[C@@]12C[C@@H]1C[C@@H]1[C@H]3CC=C4C[C@@H](OC(C)=O)CC[C@]4(C)[C@@H]3CC[C@@]12C. The van der Waals surface area contributed by atoms with Gasteiger partial charge in [0.1, 0.15) is 6.10 Å². The lowest BCUT2D eigenvalue weighted by atomic mass is 9.46. The Morgan fingerprint density at radius 1 is 1.06 bits per heavy atom. The van der Waals surface area contributed by atoms with E-state index in [1.54, 1.807) is 5.57 Å². The highest BCUT2D eigenvalue weighted by molar-refractivity contribution is 5.92. The molecule has 0 N–H and O–H groups in total. The maximum atomic E-state index is 11.5. The summed E-state index contributed by atoms with van der Waals surface area (Å²) in [6.07, 6.45) is 11.8. The van der Waals surface area contributed by atoms with Crippen molar-refractivity contribution < 1.29 is 19.2 Å². The molecule has 4 fully saturated rings. The van der Waals surface area contributed by atoms with Crippen LogP contribution in [0.4, 0.5) is 0 Å². The molecule has 4 saturated carbocycles. The lowest BCUT2D eigenvalue weighted by Gasteiger charge is -2.59. The number of nitrogens with zero attached hydrogens (tertiary/aromatic N) is 1. The van der Waals surface area contributed by atoms with Crippen LogP contribution < -0.4 is 0 Å². The topological polar surface area (TPSA) is 65.0 Å². The fourth-order valence-corrected chi connectivity index (χ4v) is 8.96. The van der Waals surface area contributed by atoms with E-state index >= 15 is 0 Å². The van der Waals surface area contributed by atoms with Gasteiger partial charge in [-0.15, -0.1) is 0 Å². The van der Waals surface area contributed by atoms with E-state index in [0.29, 0.717) is 11.8 Å². The second-order valence-corrected chi connectivity index (χ2v) is 11.6. The highest BCUT2D eigenvalue weighted by Crippen LogP contribution is 2.80. The lowest BCUT2D eigenvalue weighted by Crippen LogP contribution is -2.52. The summed E-state index contributed by atoms with van der Waals surface area (Å²) in [7, 11) is 0. The molecule has 0 heterocycles. The first-order valence-corrected chi connectivity index (χ1v) is 12.2. The normalized spacial score (nSPS) is 47.8. The van der Waals surface area contributed by atoms with Crippen LogP contribution in [-0.2, 0) is 19.2 Å². The molecule has 0 aliphatic heterocycles. The molecule has 0 spiro atoms. The fraction of sp³-hybridized carbons (Fsp3) is 0.808. The molecular formula is C26H37NO4. The Labute approximate surface area is 186 Å². The van der Waals surface area contributed by atoms with E-state index in [2.05, 4.69) is 32.0 Å². The number of allylic oxidation sites excluding steroid dienone is 1. The maximum absolute atomic E-state index is 11.5. The maximum Gasteiger partial charge on any atom is 0.331 e. The average molecular weight is 428 g/mol. The zero-order valence-corrected chi connectivity index (χ0v) is 19.7. The summed E-state index contributed by atoms with van der Waals surface area (Å²) in [5.74, 6) is 2.37. The van der Waals surface area contributed by atoms with Crippen molar-refractivity contribution in [2.24, 2.45) is 45.1 Å². The summed E-state index contributed by atoms with van der Waals surface area (Å²) < 4.78 is 5.58. The summed E-state index contributed by atoms with van der Waals surface area (Å²) in [6, 6.07) is 0. The van der Waals surface area contributed by atoms with Crippen LogP contribution >= 0.6 is 0 Å². The van der Waals surface area contributed by atoms with Crippen molar-refractivity contribution in [3.05, 3.63) is 11.6 Å². The van der Waals surface area contributed by atoms with E-state index < -0.39 is 0 Å². The summed E-state index contributed by atoms with van der Waals surface area (Å²) in [4.78, 5) is 27.9. The van der Waals surface area contributed by atoms with Gasteiger partial charge >= 0.3 is 11.9 Å². The van der Waals surface area contributed by atoms with Crippen LogP contribution in [0.2, 0.25) is 0 Å². The van der Waals surface area contributed by atoms with Crippen molar-refractivity contribution in [2.45, 2.75) is 92.1 Å². The Morgan fingerprint density at radius 2 is 1.84 bits per heavy atom. The second kappa shape index (κ2) is 6.92. The Morgan fingerprint density at radius 3 is 2.55 bits per heavy atom. The van der Waals surface area contributed by atoms with Crippen LogP contribution in [0.15, 0.2) is 16.8 Å². The molecule has 0 bridgehead atoms. The van der Waals surface area contributed by atoms with E-state index in [1.165, 1.54) is 39.5 Å². The van der Waals surface area contributed by atoms with Crippen LogP contribution in [0.3, 0.4) is 0 Å². The largest absolute Gasteiger partial charge is 0.462 e. The van der Waals surface area contributed by atoms with Crippen molar-refractivity contribution in [3.63, 3.8) is 0 Å². The van der Waals surface area contributed by atoms with Gasteiger partial charge in [-0.3, -0.25) is 4.79 Å². The summed E-state index contributed by atoms with van der Waals surface area (Å²) in [6.45, 7) is 10.0. The predicted octanol–water partition coefficient (Wildman–Crippen LogP) is 5.44. The minimum Gasteiger partial charge on any atom is -0.462 e. The molecule has 0 saturated heterocycles.